The van der Waals surface area contributed by atoms with Gasteiger partial charge in [0.2, 0.25) is 0 Å². The highest BCUT2D eigenvalue weighted by molar-refractivity contribution is 6.30. The first kappa shape index (κ1) is 15.7. The zero-order valence-corrected chi connectivity index (χ0v) is 12.9. The van der Waals surface area contributed by atoms with E-state index in [1.807, 2.05) is 17.9 Å². The van der Waals surface area contributed by atoms with E-state index in [2.05, 4.69) is 6.07 Å². The van der Waals surface area contributed by atoms with Gasteiger partial charge < -0.3 is 10.0 Å². The summed E-state index contributed by atoms with van der Waals surface area (Å²) in [7, 11) is 0. The van der Waals surface area contributed by atoms with Crippen molar-refractivity contribution in [3.05, 3.63) is 28.8 Å². The van der Waals surface area contributed by atoms with Crippen LogP contribution >= 0.6 is 11.6 Å². The van der Waals surface area contributed by atoms with Gasteiger partial charge in [0.25, 0.3) is 0 Å². The molecule has 21 heavy (non-hydrogen) atoms. The number of nitrogens with zero attached hydrogens (tertiary/aromatic N) is 2. The maximum absolute atomic E-state index is 11.7. The van der Waals surface area contributed by atoms with Gasteiger partial charge in [-0.2, -0.15) is 5.26 Å². The summed E-state index contributed by atoms with van der Waals surface area (Å²) in [4.78, 5) is 13.8. The monoisotopic (exact) mass is 306 g/mol. The van der Waals surface area contributed by atoms with Crippen LogP contribution in [0, 0.1) is 16.7 Å². The van der Waals surface area contributed by atoms with E-state index in [1.54, 1.807) is 12.1 Å². The lowest BCUT2D eigenvalue weighted by molar-refractivity contribution is -0.150. The zero-order chi connectivity index (χ0) is 15.5. The van der Waals surface area contributed by atoms with Crippen molar-refractivity contribution in [2.75, 3.05) is 18.0 Å². The Morgan fingerprint density at radius 2 is 2.33 bits per heavy atom. The Kier molecular flexibility index (Phi) is 4.74. The number of carbonyl (C=O) groups is 1. The lowest BCUT2D eigenvalue weighted by atomic mass is 9.76. The van der Waals surface area contributed by atoms with Crippen LogP contribution in [-0.2, 0) is 4.79 Å². The third-order valence-corrected chi connectivity index (χ3v) is 4.41. The molecule has 1 aliphatic rings. The molecule has 1 atom stereocenters. The molecule has 2 rings (SSSR count). The van der Waals surface area contributed by atoms with Gasteiger partial charge in [-0.25, -0.2) is 0 Å². The van der Waals surface area contributed by atoms with Crippen LogP contribution in [0.5, 0.6) is 0 Å². The number of rotatable bonds is 4. The van der Waals surface area contributed by atoms with E-state index in [-0.39, 0.29) is 0 Å². The van der Waals surface area contributed by atoms with E-state index in [1.165, 1.54) is 0 Å². The fourth-order valence-corrected chi connectivity index (χ4v) is 3.35. The van der Waals surface area contributed by atoms with Crippen LogP contribution < -0.4 is 4.90 Å². The summed E-state index contributed by atoms with van der Waals surface area (Å²) in [5, 5.41) is 19.4. The fourth-order valence-electron chi connectivity index (χ4n) is 3.18. The smallest absolute Gasteiger partial charge is 0.311 e. The number of carboxylic acids is 1. The van der Waals surface area contributed by atoms with Crippen molar-refractivity contribution >= 4 is 23.3 Å². The van der Waals surface area contributed by atoms with Gasteiger partial charge in [0, 0.05) is 18.1 Å². The Morgan fingerprint density at radius 1 is 1.57 bits per heavy atom. The minimum Gasteiger partial charge on any atom is -0.481 e. The summed E-state index contributed by atoms with van der Waals surface area (Å²) < 4.78 is 0. The van der Waals surface area contributed by atoms with Gasteiger partial charge in [-0.1, -0.05) is 24.9 Å². The number of hydrogen-bond donors (Lipinski definition) is 1. The van der Waals surface area contributed by atoms with Gasteiger partial charge in [-0.05, 0) is 37.5 Å². The molecule has 112 valence electrons. The van der Waals surface area contributed by atoms with E-state index < -0.39 is 11.4 Å². The second-order valence-electron chi connectivity index (χ2n) is 5.63. The Morgan fingerprint density at radius 3 is 2.95 bits per heavy atom. The van der Waals surface area contributed by atoms with Crippen LogP contribution in [-0.4, -0.2) is 24.2 Å². The highest BCUT2D eigenvalue weighted by atomic mass is 35.5. The topological polar surface area (TPSA) is 64.3 Å². The Balaban J connectivity index is 2.33. The highest BCUT2D eigenvalue weighted by Gasteiger charge is 2.41. The second kappa shape index (κ2) is 6.36. The van der Waals surface area contributed by atoms with Crippen LogP contribution in [0.15, 0.2) is 18.2 Å². The predicted molar refractivity (Wildman–Crippen MR) is 82.6 cm³/mol. The first-order chi connectivity index (χ1) is 10.0. The Bertz CT molecular complexity index is 578. The fraction of sp³-hybridized carbons (Fsp3) is 0.500. The van der Waals surface area contributed by atoms with Crippen molar-refractivity contribution in [1.29, 1.82) is 5.26 Å². The zero-order valence-electron chi connectivity index (χ0n) is 12.1. The van der Waals surface area contributed by atoms with Crippen molar-refractivity contribution in [2.45, 2.75) is 32.6 Å². The maximum Gasteiger partial charge on any atom is 0.311 e. The van der Waals surface area contributed by atoms with E-state index in [0.29, 0.717) is 30.0 Å². The lowest BCUT2D eigenvalue weighted by Crippen LogP contribution is -2.48. The molecule has 1 aliphatic heterocycles. The molecule has 0 amide bonds. The van der Waals surface area contributed by atoms with Gasteiger partial charge in [0.15, 0.2) is 0 Å². The number of anilines is 1. The summed E-state index contributed by atoms with van der Waals surface area (Å²) in [6.45, 7) is 3.23. The first-order valence-electron chi connectivity index (χ1n) is 7.20. The normalized spacial score (nSPS) is 21.9. The third kappa shape index (κ3) is 3.14. The van der Waals surface area contributed by atoms with Gasteiger partial charge in [-0.15, -0.1) is 0 Å². The molecule has 1 fully saturated rings. The van der Waals surface area contributed by atoms with Gasteiger partial charge in [0.1, 0.15) is 6.07 Å². The summed E-state index contributed by atoms with van der Waals surface area (Å²) in [5.74, 6) is -0.735. The van der Waals surface area contributed by atoms with E-state index >= 15 is 0 Å². The molecule has 1 aromatic carbocycles. The molecule has 4 nitrogen and oxygen atoms in total. The van der Waals surface area contributed by atoms with Gasteiger partial charge in [0.05, 0.1) is 16.7 Å². The summed E-state index contributed by atoms with van der Waals surface area (Å²) >= 11 is 5.93. The average Bonchev–Trinajstić information content (AvgIpc) is 2.47. The maximum atomic E-state index is 11.7. The number of piperidine rings is 1. The van der Waals surface area contributed by atoms with Gasteiger partial charge >= 0.3 is 5.97 Å². The molecule has 0 aliphatic carbocycles. The van der Waals surface area contributed by atoms with Crippen molar-refractivity contribution in [2.24, 2.45) is 5.41 Å². The number of nitriles is 1. The largest absolute Gasteiger partial charge is 0.481 e. The van der Waals surface area contributed by atoms with Crippen molar-refractivity contribution in [3.63, 3.8) is 0 Å². The quantitative estimate of drug-likeness (QED) is 0.921. The van der Waals surface area contributed by atoms with E-state index in [4.69, 9.17) is 11.6 Å². The summed E-state index contributed by atoms with van der Waals surface area (Å²) in [6.07, 6.45) is 3.02. The van der Waals surface area contributed by atoms with Crippen LogP contribution in [0.25, 0.3) is 0 Å². The number of halogens is 1. The third-order valence-electron chi connectivity index (χ3n) is 4.18. The molecular weight excluding hydrogens is 288 g/mol. The molecule has 1 aromatic rings. The molecular formula is C16H19ClN2O2. The molecule has 1 N–H and O–H groups in total. The van der Waals surface area contributed by atoms with Crippen LogP contribution in [0.1, 0.15) is 38.2 Å². The van der Waals surface area contributed by atoms with E-state index in [9.17, 15) is 15.2 Å². The highest BCUT2D eigenvalue weighted by Crippen LogP contribution is 2.38. The van der Waals surface area contributed by atoms with Crippen molar-refractivity contribution < 1.29 is 9.90 Å². The molecule has 0 bridgehead atoms. The molecule has 0 radical (unpaired) electrons. The molecule has 0 saturated carbocycles. The number of benzene rings is 1. The second-order valence-corrected chi connectivity index (χ2v) is 6.07. The lowest BCUT2D eigenvalue weighted by Gasteiger charge is -2.41. The Hall–Kier alpha value is -1.73. The number of hydrogen-bond acceptors (Lipinski definition) is 3. The van der Waals surface area contributed by atoms with Gasteiger partial charge in [-0.3, -0.25) is 4.79 Å². The minimum absolute atomic E-state index is 0.451. The molecule has 1 unspecified atom stereocenters. The average molecular weight is 307 g/mol. The van der Waals surface area contributed by atoms with Crippen LogP contribution in [0.2, 0.25) is 5.02 Å². The van der Waals surface area contributed by atoms with E-state index in [0.717, 1.165) is 25.1 Å². The molecule has 0 aromatic heterocycles. The minimum atomic E-state index is -0.735. The van der Waals surface area contributed by atoms with Crippen molar-refractivity contribution in [1.82, 2.24) is 0 Å². The predicted octanol–water partition coefficient (Wildman–Crippen LogP) is 3.68. The Labute approximate surface area is 129 Å². The number of carboxylic acid groups (broad SMARTS) is 1. The summed E-state index contributed by atoms with van der Waals surface area (Å²) in [6, 6.07) is 7.34. The molecule has 5 heteroatoms. The van der Waals surface area contributed by atoms with Crippen LogP contribution in [0.4, 0.5) is 5.69 Å². The SMILES string of the molecule is CCCC1(C(=O)O)CCCN(c2ccc(Cl)cc2C#N)C1. The molecule has 0 spiro atoms. The standard InChI is InChI=1S/C16H19ClN2O2/c1-2-6-16(15(20)21)7-3-8-19(11-16)14-5-4-13(17)9-12(14)10-18/h4-5,9H,2-3,6-8,11H2,1H3,(H,20,21). The van der Waals surface area contributed by atoms with Crippen molar-refractivity contribution in [3.8, 4) is 6.07 Å². The summed E-state index contributed by atoms with van der Waals surface area (Å²) in [5.41, 5.74) is 0.572. The van der Waals surface area contributed by atoms with Crippen LogP contribution in [0.3, 0.4) is 0 Å². The molecule has 1 heterocycles. The number of aliphatic carboxylic acids is 1. The first-order valence-corrected chi connectivity index (χ1v) is 7.58. The molecule has 1 saturated heterocycles.